The summed E-state index contributed by atoms with van der Waals surface area (Å²) in [5.41, 5.74) is 5.29. The van der Waals surface area contributed by atoms with Crippen molar-refractivity contribution in [3.8, 4) is 6.07 Å². The van der Waals surface area contributed by atoms with E-state index in [0.29, 0.717) is 6.54 Å². The zero-order chi connectivity index (χ0) is 12.9. The lowest BCUT2D eigenvalue weighted by Gasteiger charge is -2.13. The van der Waals surface area contributed by atoms with Crippen molar-refractivity contribution < 1.29 is 0 Å². The molecule has 2 N–H and O–H groups in total. The minimum Gasteiger partial charge on any atom is -0.324 e. The topological polar surface area (TPSA) is 80.5 Å². The molecular formula is C11H19N5S. The predicted molar refractivity (Wildman–Crippen MR) is 68.2 cm³/mol. The summed E-state index contributed by atoms with van der Waals surface area (Å²) in [4.78, 5) is 0. The Labute approximate surface area is 106 Å². The maximum absolute atomic E-state index is 8.89. The maximum Gasteiger partial charge on any atom is 0.190 e. The first kappa shape index (κ1) is 14.0. The van der Waals surface area contributed by atoms with Gasteiger partial charge in [-0.15, -0.1) is 10.2 Å². The first-order chi connectivity index (χ1) is 8.00. The highest BCUT2D eigenvalue weighted by Crippen LogP contribution is 2.24. The number of hydrogen-bond donors (Lipinski definition) is 1. The Hall–Kier alpha value is -1.06. The van der Waals surface area contributed by atoms with Crippen LogP contribution in [0.3, 0.4) is 0 Å². The number of hydrogen-bond acceptors (Lipinski definition) is 5. The van der Waals surface area contributed by atoms with Gasteiger partial charge in [0.15, 0.2) is 5.16 Å². The summed E-state index contributed by atoms with van der Waals surface area (Å²) in [6.07, 6.45) is 1.90. The largest absolute Gasteiger partial charge is 0.324 e. The van der Waals surface area contributed by atoms with Gasteiger partial charge in [0.25, 0.3) is 0 Å². The Bertz CT molecular complexity index is 404. The van der Waals surface area contributed by atoms with E-state index in [-0.39, 0.29) is 5.41 Å². The van der Waals surface area contributed by atoms with E-state index in [2.05, 4.69) is 16.3 Å². The van der Waals surface area contributed by atoms with Crippen LogP contribution in [0.1, 0.15) is 32.5 Å². The van der Waals surface area contributed by atoms with Crippen molar-refractivity contribution in [2.24, 2.45) is 18.2 Å². The second-order valence-electron chi connectivity index (χ2n) is 4.61. The van der Waals surface area contributed by atoms with E-state index in [1.807, 2.05) is 25.5 Å². The molecule has 0 saturated carbocycles. The fourth-order valence-electron chi connectivity index (χ4n) is 1.38. The maximum atomic E-state index is 8.89. The molecule has 0 unspecified atom stereocenters. The minimum absolute atomic E-state index is 0.233. The third-order valence-corrected chi connectivity index (χ3v) is 3.69. The van der Waals surface area contributed by atoms with Gasteiger partial charge in [0, 0.05) is 12.8 Å². The van der Waals surface area contributed by atoms with Crippen LogP contribution in [0.15, 0.2) is 5.16 Å². The molecule has 6 heteroatoms. The predicted octanol–water partition coefficient (Wildman–Crippen LogP) is 1.70. The molecule has 94 valence electrons. The molecule has 1 aromatic heterocycles. The van der Waals surface area contributed by atoms with Gasteiger partial charge in [0.1, 0.15) is 5.82 Å². The highest BCUT2D eigenvalue weighted by Gasteiger charge is 2.16. The van der Waals surface area contributed by atoms with Crippen molar-refractivity contribution in [2.75, 3.05) is 5.75 Å². The molecule has 0 bridgehead atoms. The summed E-state index contributed by atoms with van der Waals surface area (Å²) in [6, 6.07) is 2.31. The van der Waals surface area contributed by atoms with E-state index in [1.165, 1.54) is 0 Å². The van der Waals surface area contributed by atoms with Crippen LogP contribution in [0.2, 0.25) is 0 Å². The lowest BCUT2D eigenvalue weighted by atomic mass is 9.90. The van der Waals surface area contributed by atoms with E-state index in [1.54, 1.807) is 11.8 Å². The molecule has 0 atom stereocenters. The van der Waals surface area contributed by atoms with Crippen LogP contribution in [0, 0.1) is 16.7 Å². The van der Waals surface area contributed by atoms with Crippen molar-refractivity contribution >= 4 is 11.8 Å². The summed E-state index contributed by atoms with van der Waals surface area (Å²) >= 11 is 1.66. The zero-order valence-electron chi connectivity index (χ0n) is 10.6. The number of nitrogens with zero attached hydrogens (tertiary/aromatic N) is 4. The number of nitrogens with two attached hydrogens (primary N) is 1. The average Bonchev–Trinajstić information content (AvgIpc) is 2.66. The highest BCUT2D eigenvalue weighted by molar-refractivity contribution is 7.99. The first-order valence-electron chi connectivity index (χ1n) is 5.62. The summed E-state index contributed by atoms with van der Waals surface area (Å²) in [6.45, 7) is 4.34. The monoisotopic (exact) mass is 253 g/mol. The van der Waals surface area contributed by atoms with Gasteiger partial charge in [0.05, 0.1) is 18.0 Å². The Morgan fingerprint density at radius 3 is 2.71 bits per heavy atom. The second-order valence-corrected chi connectivity index (χ2v) is 5.67. The molecular weight excluding hydrogens is 234 g/mol. The average molecular weight is 253 g/mol. The first-order valence-corrected chi connectivity index (χ1v) is 6.61. The summed E-state index contributed by atoms with van der Waals surface area (Å²) in [7, 11) is 1.92. The molecule has 0 amide bonds. The molecule has 1 heterocycles. The molecule has 1 aromatic rings. The van der Waals surface area contributed by atoms with Crippen LogP contribution in [0.25, 0.3) is 0 Å². The zero-order valence-corrected chi connectivity index (χ0v) is 11.4. The van der Waals surface area contributed by atoms with E-state index in [9.17, 15) is 0 Å². The van der Waals surface area contributed by atoms with Gasteiger partial charge < -0.3 is 10.3 Å². The highest BCUT2D eigenvalue weighted by atomic mass is 32.2. The third-order valence-electron chi connectivity index (χ3n) is 2.59. The van der Waals surface area contributed by atoms with E-state index >= 15 is 0 Å². The van der Waals surface area contributed by atoms with Crippen molar-refractivity contribution in [1.29, 1.82) is 5.26 Å². The van der Waals surface area contributed by atoms with Crippen molar-refractivity contribution in [2.45, 2.75) is 38.4 Å². The van der Waals surface area contributed by atoms with Crippen molar-refractivity contribution in [3.63, 3.8) is 0 Å². The quantitative estimate of drug-likeness (QED) is 0.616. The van der Waals surface area contributed by atoms with Crippen molar-refractivity contribution in [1.82, 2.24) is 14.8 Å². The lowest BCUT2D eigenvalue weighted by Crippen LogP contribution is -2.08. The van der Waals surface area contributed by atoms with Crippen LogP contribution < -0.4 is 5.73 Å². The number of rotatable bonds is 6. The molecule has 0 spiro atoms. The Morgan fingerprint density at radius 1 is 1.47 bits per heavy atom. The summed E-state index contributed by atoms with van der Waals surface area (Å²) in [5.74, 6) is 1.74. The molecule has 0 aliphatic carbocycles. The molecule has 0 fully saturated rings. The van der Waals surface area contributed by atoms with E-state index in [4.69, 9.17) is 11.0 Å². The molecule has 0 aliphatic rings. The summed E-state index contributed by atoms with van der Waals surface area (Å²) in [5, 5.41) is 17.8. The summed E-state index contributed by atoms with van der Waals surface area (Å²) < 4.78 is 1.92. The molecule has 5 nitrogen and oxygen atoms in total. The molecule has 0 aromatic carbocycles. The molecule has 0 radical (unpaired) electrons. The molecule has 0 saturated heterocycles. The molecule has 17 heavy (non-hydrogen) atoms. The van der Waals surface area contributed by atoms with E-state index in [0.717, 1.165) is 29.6 Å². The van der Waals surface area contributed by atoms with Gasteiger partial charge in [-0.3, -0.25) is 0 Å². The van der Waals surface area contributed by atoms with Crippen LogP contribution in [-0.4, -0.2) is 20.5 Å². The smallest absolute Gasteiger partial charge is 0.190 e. The normalized spacial score (nSPS) is 11.5. The van der Waals surface area contributed by atoms with Gasteiger partial charge >= 0.3 is 0 Å². The van der Waals surface area contributed by atoms with Crippen LogP contribution >= 0.6 is 11.8 Å². The minimum atomic E-state index is -0.233. The van der Waals surface area contributed by atoms with Crippen molar-refractivity contribution in [3.05, 3.63) is 5.82 Å². The molecule has 0 aliphatic heterocycles. The van der Waals surface area contributed by atoms with Crippen LogP contribution in [-0.2, 0) is 13.6 Å². The van der Waals surface area contributed by atoms with Gasteiger partial charge in [0.2, 0.25) is 0 Å². The number of nitriles is 1. The van der Waals surface area contributed by atoms with Gasteiger partial charge in [-0.25, -0.2) is 0 Å². The lowest BCUT2D eigenvalue weighted by molar-refractivity contribution is 0.447. The van der Waals surface area contributed by atoms with Gasteiger partial charge in [-0.05, 0) is 26.7 Å². The SMILES string of the molecule is Cn1c(CN)nnc1SCCCC(C)(C)C#N. The van der Waals surface area contributed by atoms with E-state index < -0.39 is 0 Å². The van der Waals surface area contributed by atoms with Crippen LogP contribution in [0.4, 0.5) is 0 Å². The van der Waals surface area contributed by atoms with Crippen LogP contribution in [0.5, 0.6) is 0 Å². The Balaban J connectivity index is 2.37. The fourth-order valence-corrected chi connectivity index (χ4v) is 2.25. The number of thioether (sulfide) groups is 1. The standard InChI is InChI=1S/C11H19N5S/c1-11(2,8-13)5-4-6-17-10-15-14-9(7-12)16(10)3/h4-7,12H2,1-3H3. The fraction of sp³-hybridized carbons (Fsp3) is 0.727. The number of aromatic nitrogens is 3. The molecule has 1 rings (SSSR count). The van der Waals surface area contributed by atoms with Gasteiger partial charge in [-0.2, -0.15) is 5.26 Å². The van der Waals surface area contributed by atoms with Gasteiger partial charge in [-0.1, -0.05) is 11.8 Å². The Kier molecular flexibility index (Phi) is 4.97. The third kappa shape index (κ3) is 4.02. The Morgan fingerprint density at radius 2 is 2.18 bits per heavy atom. The second kappa shape index (κ2) is 6.03.